The second-order valence-electron chi connectivity index (χ2n) is 5.52. The van der Waals surface area contributed by atoms with Crippen LogP contribution in [0.3, 0.4) is 0 Å². The van der Waals surface area contributed by atoms with Gasteiger partial charge in [0.2, 0.25) is 0 Å². The molecule has 2 rings (SSSR count). The molecule has 0 bridgehead atoms. The summed E-state index contributed by atoms with van der Waals surface area (Å²) < 4.78 is 23.6. The minimum atomic E-state index is -1.08. The number of carboxylic acids is 1. The van der Waals surface area contributed by atoms with Gasteiger partial charge in [0.1, 0.15) is 30.0 Å². The Morgan fingerprint density at radius 3 is 2.60 bits per heavy atom. The molecule has 7 heteroatoms. The predicted octanol–water partition coefficient (Wildman–Crippen LogP) is 3.37. The zero-order valence-corrected chi connectivity index (χ0v) is 13.8. The van der Waals surface area contributed by atoms with Gasteiger partial charge >= 0.3 is 5.97 Å². The van der Waals surface area contributed by atoms with Gasteiger partial charge in [-0.3, -0.25) is 4.79 Å². The van der Waals surface area contributed by atoms with Crippen LogP contribution in [0, 0.1) is 5.82 Å². The Morgan fingerprint density at radius 2 is 1.96 bits per heavy atom. The molecule has 134 valence electrons. The Bertz CT molecular complexity index is 711. The Hall–Kier alpha value is -2.83. The van der Waals surface area contributed by atoms with Crippen LogP contribution in [0.15, 0.2) is 40.8 Å². The highest BCUT2D eigenvalue weighted by Crippen LogP contribution is 2.15. The van der Waals surface area contributed by atoms with Gasteiger partial charge in [-0.2, -0.15) is 0 Å². The molecule has 6 nitrogen and oxygen atoms in total. The Kier molecular flexibility index (Phi) is 6.56. The lowest BCUT2D eigenvalue weighted by Crippen LogP contribution is -2.40. The van der Waals surface area contributed by atoms with Crippen molar-refractivity contribution in [3.05, 3.63) is 53.7 Å². The quantitative estimate of drug-likeness (QED) is 0.724. The normalized spacial score (nSPS) is 11.8. The number of furan rings is 1. The fourth-order valence-electron chi connectivity index (χ4n) is 2.16. The number of nitrogens with one attached hydrogen (secondary N) is 1. The van der Waals surface area contributed by atoms with Gasteiger partial charge < -0.3 is 19.6 Å². The van der Waals surface area contributed by atoms with Crippen LogP contribution in [0.2, 0.25) is 0 Å². The van der Waals surface area contributed by atoms with Crippen molar-refractivity contribution in [1.29, 1.82) is 0 Å². The molecule has 0 aliphatic carbocycles. The zero-order valence-electron chi connectivity index (χ0n) is 13.8. The summed E-state index contributed by atoms with van der Waals surface area (Å²) in [5.41, 5.74) is 0. The zero-order chi connectivity index (χ0) is 18.2. The van der Waals surface area contributed by atoms with Crippen molar-refractivity contribution < 1.29 is 28.2 Å². The number of hydrogen-bond donors (Lipinski definition) is 2. The smallest absolute Gasteiger partial charge is 0.326 e. The van der Waals surface area contributed by atoms with Crippen LogP contribution in [-0.2, 0) is 11.4 Å². The summed E-state index contributed by atoms with van der Waals surface area (Å²) in [5, 5.41) is 11.6. The number of ether oxygens (including phenoxy) is 1. The van der Waals surface area contributed by atoms with E-state index in [9.17, 15) is 14.0 Å². The van der Waals surface area contributed by atoms with Gasteiger partial charge in [-0.1, -0.05) is 19.8 Å². The van der Waals surface area contributed by atoms with Crippen LogP contribution in [0.5, 0.6) is 5.75 Å². The molecule has 1 aromatic carbocycles. The molecule has 0 saturated carbocycles. The third-order valence-electron chi connectivity index (χ3n) is 3.53. The Balaban J connectivity index is 1.91. The molecule has 1 amide bonds. The van der Waals surface area contributed by atoms with Crippen LogP contribution in [0.1, 0.15) is 42.5 Å². The summed E-state index contributed by atoms with van der Waals surface area (Å²) in [6.07, 6.45) is 1.90. The number of carboxylic acid groups (broad SMARTS) is 1. The van der Waals surface area contributed by atoms with E-state index in [1.165, 1.54) is 30.3 Å². The van der Waals surface area contributed by atoms with Crippen LogP contribution < -0.4 is 10.1 Å². The van der Waals surface area contributed by atoms with Crippen LogP contribution in [0.4, 0.5) is 4.39 Å². The molecule has 2 aromatic rings. The number of carbonyl (C=O) groups is 2. The predicted molar refractivity (Wildman–Crippen MR) is 87.9 cm³/mol. The molecule has 0 fully saturated rings. The molecule has 1 aromatic heterocycles. The van der Waals surface area contributed by atoms with Gasteiger partial charge in [-0.25, -0.2) is 9.18 Å². The van der Waals surface area contributed by atoms with E-state index in [0.717, 1.165) is 6.42 Å². The average molecular weight is 349 g/mol. The lowest BCUT2D eigenvalue weighted by molar-refractivity contribution is -0.139. The van der Waals surface area contributed by atoms with Crippen molar-refractivity contribution in [2.75, 3.05) is 0 Å². The lowest BCUT2D eigenvalue weighted by Gasteiger charge is -2.12. The number of rotatable bonds is 9. The number of carbonyl (C=O) groups excluding carboxylic acids is 1. The van der Waals surface area contributed by atoms with Crippen molar-refractivity contribution in [3.8, 4) is 5.75 Å². The molecule has 0 spiro atoms. The molecular weight excluding hydrogens is 329 g/mol. The first-order valence-corrected chi connectivity index (χ1v) is 8.00. The maximum atomic E-state index is 12.8. The Labute approximate surface area is 144 Å². The summed E-state index contributed by atoms with van der Waals surface area (Å²) in [6, 6.07) is 7.60. The summed E-state index contributed by atoms with van der Waals surface area (Å²) in [5.74, 6) is -1.14. The SMILES string of the molecule is CCCC[C@H](NC(=O)c1ccc(COc2ccc(F)cc2)o1)C(=O)O. The lowest BCUT2D eigenvalue weighted by atomic mass is 10.1. The van der Waals surface area contributed by atoms with Gasteiger partial charge in [0, 0.05) is 0 Å². The second kappa shape index (κ2) is 8.86. The molecule has 1 heterocycles. The van der Waals surface area contributed by atoms with Crippen molar-refractivity contribution in [2.24, 2.45) is 0 Å². The summed E-state index contributed by atoms with van der Waals surface area (Å²) >= 11 is 0. The first kappa shape index (κ1) is 18.5. The van der Waals surface area contributed by atoms with Crippen molar-refractivity contribution in [3.63, 3.8) is 0 Å². The standard InChI is InChI=1S/C18H20FNO5/c1-2-3-4-15(18(22)23)20-17(21)16-10-9-14(25-16)11-24-13-7-5-12(19)6-8-13/h5-10,15H,2-4,11H2,1H3,(H,20,21)(H,22,23)/t15-/m0/s1. The van der Waals surface area contributed by atoms with Gasteiger partial charge in [0.25, 0.3) is 5.91 Å². The maximum Gasteiger partial charge on any atom is 0.326 e. The van der Waals surface area contributed by atoms with Gasteiger partial charge in [0.15, 0.2) is 5.76 Å². The monoisotopic (exact) mass is 349 g/mol. The van der Waals surface area contributed by atoms with Crippen LogP contribution in [0.25, 0.3) is 0 Å². The van der Waals surface area contributed by atoms with Gasteiger partial charge in [-0.15, -0.1) is 0 Å². The molecule has 0 saturated heterocycles. The third-order valence-corrected chi connectivity index (χ3v) is 3.53. The fourth-order valence-corrected chi connectivity index (χ4v) is 2.16. The van der Waals surface area contributed by atoms with Gasteiger partial charge in [-0.05, 0) is 42.8 Å². The highest BCUT2D eigenvalue weighted by atomic mass is 19.1. The number of amides is 1. The maximum absolute atomic E-state index is 12.8. The molecule has 25 heavy (non-hydrogen) atoms. The molecule has 1 atom stereocenters. The van der Waals surface area contributed by atoms with Crippen molar-refractivity contribution in [1.82, 2.24) is 5.32 Å². The van der Waals surface area contributed by atoms with Gasteiger partial charge in [0.05, 0.1) is 0 Å². The summed E-state index contributed by atoms with van der Waals surface area (Å²) in [4.78, 5) is 23.3. The molecule has 0 unspecified atom stereocenters. The minimum absolute atomic E-state index is 0.0143. The van der Waals surface area contributed by atoms with E-state index in [1.807, 2.05) is 6.92 Å². The highest BCUT2D eigenvalue weighted by molar-refractivity contribution is 5.94. The molecule has 0 aliphatic rings. The fraction of sp³-hybridized carbons (Fsp3) is 0.333. The summed E-state index contributed by atoms with van der Waals surface area (Å²) in [7, 11) is 0. The molecule has 0 radical (unpaired) electrons. The van der Waals surface area contributed by atoms with E-state index in [-0.39, 0.29) is 18.2 Å². The van der Waals surface area contributed by atoms with E-state index in [0.29, 0.717) is 24.4 Å². The van der Waals surface area contributed by atoms with Crippen molar-refractivity contribution in [2.45, 2.75) is 38.8 Å². The largest absolute Gasteiger partial charge is 0.486 e. The van der Waals surface area contributed by atoms with Crippen LogP contribution in [-0.4, -0.2) is 23.0 Å². The average Bonchev–Trinajstić information content (AvgIpc) is 3.07. The number of aliphatic carboxylic acids is 1. The highest BCUT2D eigenvalue weighted by Gasteiger charge is 2.21. The topological polar surface area (TPSA) is 88.8 Å². The van der Waals surface area contributed by atoms with E-state index in [2.05, 4.69) is 5.32 Å². The first-order chi connectivity index (χ1) is 12.0. The van der Waals surface area contributed by atoms with E-state index < -0.39 is 17.9 Å². The number of benzene rings is 1. The van der Waals surface area contributed by atoms with E-state index in [4.69, 9.17) is 14.3 Å². The Morgan fingerprint density at radius 1 is 1.24 bits per heavy atom. The molecular formula is C18H20FNO5. The van der Waals surface area contributed by atoms with E-state index in [1.54, 1.807) is 6.07 Å². The van der Waals surface area contributed by atoms with Crippen LogP contribution >= 0.6 is 0 Å². The number of unbranched alkanes of at least 4 members (excludes halogenated alkanes) is 1. The molecule has 2 N–H and O–H groups in total. The summed E-state index contributed by atoms with van der Waals surface area (Å²) in [6.45, 7) is 2.01. The first-order valence-electron chi connectivity index (χ1n) is 8.00. The minimum Gasteiger partial charge on any atom is -0.486 e. The second-order valence-corrected chi connectivity index (χ2v) is 5.52. The van der Waals surface area contributed by atoms with E-state index >= 15 is 0 Å². The number of hydrogen-bond acceptors (Lipinski definition) is 4. The van der Waals surface area contributed by atoms with Crippen molar-refractivity contribution >= 4 is 11.9 Å². The third kappa shape index (κ3) is 5.63. The number of halogens is 1. The molecule has 0 aliphatic heterocycles.